The monoisotopic (exact) mass is 418 g/mol. The summed E-state index contributed by atoms with van der Waals surface area (Å²) < 4.78 is 6.39. The molecule has 10 heteroatoms. The van der Waals surface area contributed by atoms with Crippen LogP contribution in [0.4, 0.5) is 0 Å². The second-order valence-electron chi connectivity index (χ2n) is 7.58. The van der Waals surface area contributed by atoms with Crippen LogP contribution in [-0.2, 0) is 17.6 Å². The molecular weight excluding hydrogens is 396 g/mol. The first-order chi connectivity index (χ1) is 15.2. The largest absolute Gasteiger partial charge is 0.340 e. The highest BCUT2D eigenvalue weighted by atomic mass is 16.6. The molecule has 1 amide bonds. The molecule has 1 aromatic carbocycles. The van der Waals surface area contributed by atoms with E-state index in [9.17, 15) is 4.79 Å². The lowest BCUT2D eigenvalue weighted by Gasteiger charge is -2.34. The molecule has 0 aliphatic carbocycles. The van der Waals surface area contributed by atoms with Gasteiger partial charge in [0.15, 0.2) is 0 Å². The maximum absolute atomic E-state index is 12.7. The molecule has 158 valence electrons. The Labute approximate surface area is 178 Å². The van der Waals surface area contributed by atoms with Crippen LogP contribution in [0.3, 0.4) is 0 Å². The zero-order chi connectivity index (χ0) is 21.0. The van der Waals surface area contributed by atoms with Crippen molar-refractivity contribution in [1.29, 1.82) is 0 Å². The first-order valence-corrected chi connectivity index (χ1v) is 10.3. The van der Waals surface area contributed by atoms with Gasteiger partial charge in [0.05, 0.1) is 18.3 Å². The number of aromatic nitrogens is 6. The van der Waals surface area contributed by atoms with Crippen LogP contribution in [0.25, 0.3) is 16.7 Å². The highest BCUT2D eigenvalue weighted by Crippen LogP contribution is 2.13. The first-order valence-electron chi connectivity index (χ1n) is 10.3. The first kappa shape index (κ1) is 19.3. The number of piperazine rings is 1. The SMILES string of the molecule is O=C(Cc1ccc(-n2cncn2)cn1)N1CCN(CCc2ccc3nonc3c2)CC1. The topological polar surface area (TPSA) is 106 Å². The van der Waals surface area contributed by atoms with Crippen molar-refractivity contribution < 1.29 is 9.42 Å². The summed E-state index contributed by atoms with van der Waals surface area (Å²) in [5.41, 5.74) is 4.35. The molecule has 4 aromatic rings. The summed E-state index contributed by atoms with van der Waals surface area (Å²) >= 11 is 0. The molecule has 0 N–H and O–H groups in total. The third-order valence-corrected chi connectivity index (χ3v) is 5.58. The zero-order valence-corrected chi connectivity index (χ0v) is 17.0. The van der Waals surface area contributed by atoms with Gasteiger partial charge in [-0.15, -0.1) is 0 Å². The molecule has 0 atom stereocenters. The van der Waals surface area contributed by atoms with Crippen LogP contribution in [-0.4, -0.2) is 78.5 Å². The van der Waals surface area contributed by atoms with Gasteiger partial charge in [0.25, 0.3) is 0 Å². The van der Waals surface area contributed by atoms with Crippen molar-refractivity contribution in [3.63, 3.8) is 0 Å². The molecule has 4 heterocycles. The summed E-state index contributed by atoms with van der Waals surface area (Å²) in [5.74, 6) is 0.115. The van der Waals surface area contributed by atoms with E-state index in [1.807, 2.05) is 29.2 Å². The predicted octanol–water partition coefficient (Wildman–Crippen LogP) is 1.13. The van der Waals surface area contributed by atoms with E-state index >= 15 is 0 Å². The van der Waals surface area contributed by atoms with Crippen LogP contribution in [0, 0.1) is 0 Å². The Balaban J connectivity index is 1.09. The Bertz CT molecular complexity index is 1150. The number of fused-ring (bicyclic) bond motifs is 1. The van der Waals surface area contributed by atoms with Crippen LogP contribution in [0.1, 0.15) is 11.3 Å². The molecule has 1 fully saturated rings. The van der Waals surface area contributed by atoms with Crippen molar-refractivity contribution in [3.05, 3.63) is 60.4 Å². The van der Waals surface area contributed by atoms with Gasteiger partial charge in [-0.05, 0) is 46.6 Å². The Hall–Kier alpha value is -3.66. The number of carbonyl (C=O) groups is 1. The molecule has 1 aliphatic heterocycles. The summed E-state index contributed by atoms with van der Waals surface area (Å²) in [7, 11) is 0. The van der Waals surface area contributed by atoms with Gasteiger partial charge >= 0.3 is 0 Å². The Kier molecular flexibility index (Phi) is 5.36. The normalized spacial score (nSPS) is 14.9. The number of nitrogens with zero attached hydrogens (tertiary/aromatic N) is 8. The Morgan fingerprint density at radius 2 is 1.90 bits per heavy atom. The van der Waals surface area contributed by atoms with Crippen LogP contribution in [0.5, 0.6) is 0 Å². The Morgan fingerprint density at radius 3 is 2.68 bits per heavy atom. The molecule has 3 aromatic heterocycles. The fourth-order valence-electron chi connectivity index (χ4n) is 3.76. The van der Waals surface area contributed by atoms with E-state index in [2.05, 4.69) is 36.3 Å². The van der Waals surface area contributed by atoms with Crippen LogP contribution >= 0.6 is 0 Å². The molecular formula is C21H22N8O2. The quantitative estimate of drug-likeness (QED) is 0.459. The molecule has 31 heavy (non-hydrogen) atoms. The zero-order valence-electron chi connectivity index (χ0n) is 17.0. The van der Waals surface area contributed by atoms with Crippen LogP contribution in [0.15, 0.2) is 53.8 Å². The number of pyridine rings is 1. The number of benzene rings is 1. The van der Waals surface area contributed by atoms with Crippen molar-refractivity contribution in [3.8, 4) is 5.69 Å². The molecule has 10 nitrogen and oxygen atoms in total. The van der Waals surface area contributed by atoms with Gasteiger partial charge in [0.2, 0.25) is 5.91 Å². The van der Waals surface area contributed by atoms with Crippen molar-refractivity contribution in [2.24, 2.45) is 0 Å². The lowest BCUT2D eigenvalue weighted by atomic mass is 10.1. The van der Waals surface area contributed by atoms with E-state index in [4.69, 9.17) is 4.63 Å². The van der Waals surface area contributed by atoms with Gasteiger partial charge in [-0.1, -0.05) is 6.07 Å². The second kappa shape index (κ2) is 8.60. The highest BCUT2D eigenvalue weighted by Gasteiger charge is 2.21. The number of carbonyl (C=O) groups excluding carboxylic acids is 1. The lowest BCUT2D eigenvalue weighted by Crippen LogP contribution is -2.49. The lowest BCUT2D eigenvalue weighted by molar-refractivity contribution is -0.132. The number of amides is 1. The molecule has 0 radical (unpaired) electrons. The summed E-state index contributed by atoms with van der Waals surface area (Å²) in [6, 6.07) is 9.78. The van der Waals surface area contributed by atoms with E-state index < -0.39 is 0 Å². The Morgan fingerprint density at radius 1 is 1.03 bits per heavy atom. The molecule has 1 aliphatic rings. The van der Waals surface area contributed by atoms with Crippen molar-refractivity contribution in [2.75, 3.05) is 32.7 Å². The number of hydrogen-bond acceptors (Lipinski definition) is 8. The molecule has 1 saturated heterocycles. The van der Waals surface area contributed by atoms with Gasteiger partial charge in [-0.2, -0.15) is 5.10 Å². The average molecular weight is 418 g/mol. The fraction of sp³-hybridized carbons (Fsp3) is 0.333. The van der Waals surface area contributed by atoms with Gasteiger partial charge in [0.1, 0.15) is 23.7 Å². The van der Waals surface area contributed by atoms with E-state index in [-0.39, 0.29) is 5.91 Å². The van der Waals surface area contributed by atoms with Crippen LogP contribution in [0.2, 0.25) is 0 Å². The fourth-order valence-corrected chi connectivity index (χ4v) is 3.76. The minimum Gasteiger partial charge on any atom is -0.340 e. The number of rotatable bonds is 6. The maximum Gasteiger partial charge on any atom is 0.228 e. The van der Waals surface area contributed by atoms with Crippen molar-refractivity contribution in [1.82, 2.24) is 39.9 Å². The smallest absolute Gasteiger partial charge is 0.228 e. The third-order valence-electron chi connectivity index (χ3n) is 5.58. The summed E-state index contributed by atoms with van der Waals surface area (Å²) in [5, 5.41) is 11.8. The molecule has 0 spiro atoms. The molecule has 5 rings (SSSR count). The van der Waals surface area contributed by atoms with E-state index in [0.717, 1.165) is 61.6 Å². The van der Waals surface area contributed by atoms with Gasteiger partial charge in [0, 0.05) is 38.4 Å². The molecule has 0 saturated carbocycles. The van der Waals surface area contributed by atoms with Gasteiger partial charge in [-0.3, -0.25) is 14.7 Å². The van der Waals surface area contributed by atoms with E-state index in [1.165, 1.54) is 11.9 Å². The van der Waals surface area contributed by atoms with Crippen molar-refractivity contribution in [2.45, 2.75) is 12.8 Å². The summed E-state index contributed by atoms with van der Waals surface area (Å²) in [6.45, 7) is 4.17. The predicted molar refractivity (Wildman–Crippen MR) is 111 cm³/mol. The van der Waals surface area contributed by atoms with Crippen molar-refractivity contribution >= 4 is 16.9 Å². The summed E-state index contributed by atoms with van der Waals surface area (Å²) in [4.78, 5) is 25.3. The minimum absolute atomic E-state index is 0.115. The minimum atomic E-state index is 0.115. The summed E-state index contributed by atoms with van der Waals surface area (Å²) in [6.07, 6.45) is 6.04. The van der Waals surface area contributed by atoms with E-state index in [1.54, 1.807) is 17.2 Å². The highest BCUT2D eigenvalue weighted by molar-refractivity contribution is 5.78. The van der Waals surface area contributed by atoms with Gasteiger partial charge in [-0.25, -0.2) is 14.3 Å². The number of hydrogen-bond donors (Lipinski definition) is 0. The maximum atomic E-state index is 12.7. The standard InChI is InChI=1S/C21H22N8O2/c30-21(12-17-2-3-18(13-23-17)29-15-22-14-24-29)28-9-7-27(8-10-28)6-5-16-1-4-19-20(11-16)26-31-25-19/h1-4,11,13-15H,5-10,12H2. The average Bonchev–Trinajstić information content (AvgIpc) is 3.50. The molecule has 0 bridgehead atoms. The molecule has 0 unspecified atom stereocenters. The van der Waals surface area contributed by atoms with Crippen LogP contribution < -0.4 is 0 Å². The second-order valence-corrected chi connectivity index (χ2v) is 7.58. The van der Waals surface area contributed by atoms with Gasteiger partial charge < -0.3 is 4.90 Å². The third kappa shape index (κ3) is 4.43. The van der Waals surface area contributed by atoms with E-state index in [0.29, 0.717) is 6.42 Å².